The van der Waals surface area contributed by atoms with Gasteiger partial charge in [-0.05, 0) is 89.3 Å². The summed E-state index contributed by atoms with van der Waals surface area (Å²) in [4.78, 5) is 42.7. The minimum absolute atomic E-state index is 0.0324. The quantitative estimate of drug-likeness (QED) is 0.173. The van der Waals surface area contributed by atoms with Gasteiger partial charge in [-0.1, -0.05) is 34.1 Å². The van der Waals surface area contributed by atoms with E-state index in [0.717, 1.165) is 17.0 Å². The van der Waals surface area contributed by atoms with Crippen LogP contribution in [0.15, 0.2) is 64.0 Å². The van der Waals surface area contributed by atoms with E-state index in [2.05, 4.69) is 26.6 Å². The number of carbonyl (C=O) groups is 3. The summed E-state index contributed by atoms with van der Waals surface area (Å²) in [6.45, 7) is 6.35. The van der Waals surface area contributed by atoms with Crippen molar-refractivity contribution in [1.82, 2.24) is 15.5 Å². The van der Waals surface area contributed by atoms with Crippen LogP contribution in [0.1, 0.15) is 58.9 Å². The van der Waals surface area contributed by atoms with E-state index in [9.17, 15) is 36.1 Å². The van der Waals surface area contributed by atoms with Gasteiger partial charge in [0.2, 0.25) is 19.2 Å². The molecule has 296 valence electrons. The van der Waals surface area contributed by atoms with Crippen molar-refractivity contribution >= 4 is 51.3 Å². The van der Waals surface area contributed by atoms with Crippen molar-refractivity contribution in [2.45, 2.75) is 93.5 Å². The molecule has 0 spiro atoms. The summed E-state index contributed by atoms with van der Waals surface area (Å²) in [5.74, 6) is -3.90. The SMILES string of the molecule is CCOP(=O)(Cc1c(F)cccc1F)[C@@]12C[C@H]1CCOC/C=C/C[C@H](NC(=O)OC(C)(C)C)C(=O)N1C[C@@H](OS(=O)(=O)c3ccc(Br)cc3)C[C@H]1C(=O)N2. The van der Waals surface area contributed by atoms with Crippen LogP contribution in [0.3, 0.4) is 0 Å². The maximum atomic E-state index is 15.0. The lowest BCUT2D eigenvalue weighted by Gasteiger charge is -2.33. The number of halogens is 3. The Bertz CT molecular complexity index is 1890. The van der Waals surface area contributed by atoms with Crippen LogP contribution in [0.4, 0.5) is 13.6 Å². The average molecular weight is 861 g/mol. The van der Waals surface area contributed by atoms with Crippen LogP contribution >= 0.6 is 23.3 Å². The highest BCUT2D eigenvalue weighted by molar-refractivity contribution is 9.10. The Morgan fingerprint density at radius 2 is 1.81 bits per heavy atom. The van der Waals surface area contributed by atoms with Gasteiger partial charge < -0.3 is 29.5 Å². The molecular formula is C36H45BrF2N3O10PS. The number of rotatable bonds is 9. The molecule has 0 radical (unpaired) electrons. The smallest absolute Gasteiger partial charge is 0.408 e. The van der Waals surface area contributed by atoms with E-state index >= 15 is 0 Å². The van der Waals surface area contributed by atoms with Gasteiger partial charge in [0.1, 0.15) is 34.6 Å². The molecule has 13 nitrogen and oxygen atoms in total. The van der Waals surface area contributed by atoms with Crippen molar-refractivity contribution in [3.8, 4) is 0 Å². The molecule has 0 aromatic heterocycles. The minimum atomic E-state index is -4.38. The Hall–Kier alpha value is -3.21. The molecule has 1 aliphatic carbocycles. The Morgan fingerprint density at radius 3 is 2.46 bits per heavy atom. The molecule has 2 aliphatic heterocycles. The fourth-order valence-electron chi connectivity index (χ4n) is 6.76. The Kier molecular flexibility index (Phi) is 13.1. The van der Waals surface area contributed by atoms with Crippen LogP contribution in [0.5, 0.6) is 0 Å². The van der Waals surface area contributed by atoms with Crippen LogP contribution in [-0.4, -0.2) is 86.7 Å². The number of alkyl carbamates (subject to hydrolysis) is 1. The number of carbonyl (C=O) groups excluding carboxylic acids is 3. The standard InChI is InChI=1S/C36H45BrF2N3O10PS/c1-5-50-53(46,22-27-28(38)9-8-10-29(27)39)36-20-23(36)16-18-49-17-7-6-11-30(40-34(45)51-35(2,3)4)33(44)42-21-25(19-31(42)32(43)41-36)52-54(47,48)26-14-12-24(37)13-15-26/h6-10,12-15,23,25,30-31H,5,11,16-22H2,1-4H3,(H,40,45)(H,41,43)/b7-6+/t23-,25+,30+,31+,36+,53?/m1/s1. The zero-order valence-electron chi connectivity index (χ0n) is 30.4. The van der Waals surface area contributed by atoms with Crippen LogP contribution in [0.2, 0.25) is 0 Å². The van der Waals surface area contributed by atoms with E-state index in [0.29, 0.717) is 10.9 Å². The summed E-state index contributed by atoms with van der Waals surface area (Å²) in [6, 6.07) is 6.33. The molecule has 2 heterocycles. The van der Waals surface area contributed by atoms with Crippen molar-refractivity contribution in [3.63, 3.8) is 0 Å². The molecule has 2 fully saturated rings. The molecule has 2 aromatic rings. The topological polar surface area (TPSA) is 167 Å². The molecule has 18 heteroatoms. The van der Waals surface area contributed by atoms with Gasteiger partial charge >= 0.3 is 6.09 Å². The van der Waals surface area contributed by atoms with E-state index < -0.39 is 93.7 Å². The van der Waals surface area contributed by atoms with Crippen molar-refractivity contribution < 1.29 is 54.3 Å². The van der Waals surface area contributed by atoms with E-state index in [1.807, 2.05) is 0 Å². The number of amides is 3. The number of nitrogens with one attached hydrogen (secondary N) is 2. The molecule has 1 unspecified atom stereocenters. The van der Waals surface area contributed by atoms with Gasteiger partial charge in [-0.2, -0.15) is 8.42 Å². The van der Waals surface area contributed by atoms with E-state index in [1.165, 1.54) is 30.3 Å². The number of fused-ring (bicyclic) bond motifs is 2. The maximum absolute atomic E-state index is 15.0. The zero-order valence-corrected chi connectivity index (χ0v) is 33.7. The van der Waals surface area contributed by atoms with E-state index in [-0.39, 0.29) is 50.5 Å². The first-order chi connectivity index (χ1) is 25.4. The van der Waals surface area contributed by atoms with Crippen LogP contribution in [0, 0.1) is 17.6 Å². The van der Waals surface area contributed by atoms with Gasteiger partial charge in [0.05, 0.1) is 30.4 Å². The molecule has 5 rings (SSSR count). The molecular weight excluding hydrogens is 815 g/mol. The second-order valence-corrected chi connectivity index (χ2v) is 19.6. The first-order valence-electron chi connectivity index (χ1n) is 17.6. The largest absolute Gasteiger partial charge is 0.444 e. The lowest BCUT2D eigenvalue weighted by Crippen LogP contribution is -2.55. The molecule has 2 N–H and O–H groups in total. The number of benzene rings is 2. The van der Waals surface area contributed by atoms with Gasteiger partial charge in [0.15, 0.2) is 0 Å². The van der Waals surface area contributed by atoms with Crippen molar-refractivity contribution in [2.75, 3.05) is 26.4 Å². The number of hydrogen-bond acceptors (Lipinski definition) is 10. The third-order valence-corrected chi connectivity index (χ3v) is 14.5. The summed E-state index contributed by atoms with van der Waals surface area (Å²) in [5, 5.41) is 3.83. The fourth-order valence-corrected chi connectivity index (χ4v) is 11.3. The summed E-state index contributed by atoms with van der Waals surface area (Å²) in [7, 11) is -8.54. The molecule has 0 bridgehead atoms. The molecule has 1 saturated carbocycles. The van der Waals surface area contributed by atoms with Crippen molar-refractivity contribution in [3.05, 3.63) is 76.3 Å². The van der Waals surface area contributed by atoms with Gasteiger partial charge in [-0.25, -0.2) is 13.6 Å². The zero-order chi connectivity index (χ0) is 39.5. The summed E-state index contributed by atoms with van der Waals surface area (Å²) in [5.41, 5.74) is -1.36. The number of nitrogens with zero attached hydrogens (tertiary/aromatic N) is 1. The Morgan fingerprint density at radius 1 is 1.13 bits per heavy atom. The van der Waals surface area contributed by atoms with E-state index in [1.54, 1.807) is 39.8 Å². The van der Waals surface area contributed by atoms with Crippen LogP contribution in [0.25, 0.3) is 0 Å². The lowest BCUT2D eigenvalue weighted by atomic mass is 10.1. The van der Waals surface area contributed by atoms with Gasteiger partial charge in [-0.3, -0.25) is 18.3 Å². The number of hydrogen-bond donors (Lipinski definition) is 2. The molecule has 3 aliphatic rings. The predicted octanol–water partition coefficient (Wildman–Crippen LogP) is 6.01. The molecule has 3 amide bonds. The minimum Gasteiger partial charge on any atom is -0.444 e. The first-order valence-corrected chi connectivity index (χ1v) is 21.6. The van der Waals surface area contributed by atoms with Gasteiger partial charge in [0, 0.05) is 29.6 Å². The molecule has 54 heavy (non-hydrogen) atoms. The van der Waals surface area contributed by atoms with Crippen molar-refractivity contribution in [2.24, 2.45) is 5.92 Å². The summed E-state index contributed by atoms with van der Waals surface area (Å²) in [6.07, 6.45) is 0.612. The van der Waals surface area contributed by atoms with Gasteiger partial charge in [-0.15, -0.1) is 0 Å². The third-order valence-electron chi connectivity index (χ3n) is 9.35. The molecule has 1 saturated heterocycles. The second kappa shape index (κ2) is 16.9. The second-order valence-electron chi connectivity index (χ2n) is 14.4. The lowest BCUT2D eigenvalue weighted by molar-refractivity contribution is -0.140. The first kappa shape index (κ1) is 41.9. The monoisotopic (exact) mass is 859 g/mol. The Labute approximate surface area is 322 Å². The van der Waals surface area contributed by atoms with Crippen LogP contribution in [-0.2, 0) is 48.6 Å². The third kappa shape index (κ3) is 9.77. The summed E-state index contributed by atoms with van der Waals surface area (Å²) < 4.78 is 94.8. The van der Waals surface area contributed by atoms with Crippen molar-refractivity contribution in [1.29, 1.82) is 0 Å². The molecule has 2 aromatic carbocycles. The predicted molar refractivity (Wildman–Crippen MR) is 197 cm³/mol. The normalized spacial score (nSPS) is 27.0. The summed E-state index contributed by atoms with van der Waals surface area (Å²) >= 11 is 3.27. The van der Waals surface area contributed by atoms with E-state index in [4.69, 9.17) is 18.2 Å². The number of ether oxygens (including phenoxy) is 2. The van der Waals surface area contributed by atoms with Crippen LogP contribution < -0.4 is 10.6 Å². The average Bonchev–Trinajstić information content (AvgIpc) is 3.63. The highest BCUT2D eigenvalue weighted by atomic mass is 79.9. The van der Waals surface area contributed by atoms with Gasteiger partial charge in [0.25, 0.3) is 10.1 Å². The highest BCUT2D eigenvalue weighted by Crippen LogP contribution is 2.74. The highest BCUT2D eigenvalue weighted by Gasteiger charge is 2.67. The Balaban J connectivity index is 1.52. The fraction of sp³-hybridized carbons (Fsp3) is 0.528. The molecule has 6 atom stereocenters. The maximum Gasteiger partial charge on any atom is 0.408 e.